The van der Waals surface area contributed by atoms with Crippen LogP contribution in [0.2, 0.25) is 0 Å². The fourth-order valence-electron chi connectivity index (χ4n) is 2.74. The fraction of sp³-hybridized carbons (Fsp3) is 0.600. The van der Waals surface area contributed by atoms with Crippen molar-refractivity contribution in [2.24, 2.45) is 0 Å². The summed E-state index contributed by atoms with van der Waals surface area (Å²) in [7, 11) is 1.30. The van der Waals surface area contributed by atoms with E-state index in [0.29, 0.717) is 37.5 Å². The van der Waals surface area contributed by atoms with E-state index in [2.05, 4.69) is 5.23 Å². The Kier molecular flexibility index (Phi) is 11.6. The van der Waals surface area contributed by atoms with E-state index in [1.807, 2.05) is 45.9 Å². The molecule has 0 aliphatic carbocycles. The van der Waals surface area contributed by atoms with Crippen LogP contribution in [0.25, 0.3) is 0 Å². The van der Waals surface area contributed by atoms with E-state index in [1.54, 1.807) is 5.06 Å². The predicted molar refractivity (Wildman–Crippen MR) is 120 cm³/mol. The summed E-state index contributed by atoms with van der Waals surface area (Å²) >= 11 is 11.6. The Hall–Kier alpha value is -1.28. The number of rotatable bonds is 13. The lowest BCUT2D eigenvalue weighted by atomic mass is 9.91. The summed E-state index contributed by atoms with van der Waals surface area (Å²) in [5.74, 6) is 0.459. The van der Waals surface area contributed by atoms with Gasteiger partial charge in [-0.1, -0.05) is 6.07 Å². The quantitative estimate of drug-likeness (QED) is 0.166. The van der Waals surface area contributed by atoms with Crippen molar-refractivity contribution in [3.05, 3.63) is 29.3 Å². The number of nitrogens with one attached hydrogen (secondary N) is 1. The second-order valence-corrected chi connectivity index (χ2v) is 8.34. The van der Waals surface area contributed by atoms with E-state index in [1.165, 1.54) is 7.41 Å². The SMILES string of the molecule is Cc1ccc(N(CCCl)OCCCl)cc1C[C@H](CC(=O)OC(C)(C)C)N[B]C=O. The molecule has 161 valence electrons. The second kappa shape index (κ2) is 13.1. The molecule has 1 aromatic carbocycles. The van der Waals surface area contributed by atoms with Gasteiger partial charge in [-0.25, -0.2) is 0 Å². The molecular formula is C20H30BCl2N2O4. The van der Waals surface area contributed by atoms with Crippen LogP contribution in [0.15, 0.2) is 18.2 Å². The van der Waals surface area contributed by atoms with Gasteiger partial charge in [0.2, 0.25) is 0 Å². The third-order valence-corrected chi connectivity index (χ3v) is 4.26. The van der Waals surface area contributed by atoms with Crippen LogP contribution >= 0.6 is 23.2 Å². The molecule has 0 aliphatic rings. The molecule has 1 radical (unpaired) electrons. The normalized spacial score (nSPS) is 12.3. The third kappa shape index (κ3) is 10.4. The second-order valence-electron chi connectivity index (χ2n) is 7.59. The molecule has 1 N–H and O–H groups in total. The number of hydrogen-bond acceptors (Lipinski definition) is 6. The van der Waals surface area contributed by atoms with Crippen molar-refractivity contribution in [1.82, 2.24) is 5.23 Å². The zero-order valence-electron chi connectivity index (χ0n) is 17.5. The van der Waals surface area contributed by atoms with E-state index in [-0.39, 0.29) is 18.4 Å². The number of carbonyl (C=O) groups is 2. The highest BCUT2D eigenvalue weighted by Crippen LogP contribution is 2.22. The Morgan fingerprint density at radius 3 is 2.62 bits per heavy atom. The first kappa shape index (κ1) is 25.8. The Bertz CT molecular complexity index is 656. The number of hydrogen-bond donors (Lipinski definition) is 1. The van der Waals surface area contributed by atoms with Crippen molar-refractivity contribution in [1.29, 1.82) is 0 Å². The molecule has 0 bridgehead atoms. The van der Waals surface area contributed by atoms with Crippen molar-refractivity contribution in [2.45, 2.75) is 52.2 Å². The van der Waals surface area contributed by atoms with Gasteiger partial charge >= 0.3 is 5.97 Å². The van der Waals surface area contributed by atoms with Crippen LogP contribution in [0.5, 0.6) is 0 Å². The molecule has 0 aliphatic heterocycles. The number of halogens is 2. The van der Waals surface area contributed by atoms with Crippen molar-refractivity contribution >= 4 is 48.5 Å². The number of esters is 1. The third-order valence-electron chi connectivity index (χ3n) is 3.93. The van der Waals surface area contributed by atoms with Crippen molar-refractivity contribution in [3.63, 3.8) is 0 Å². The van der Waals surface area contributed by atoms with Crippen LogP contribution in [-0.2, 0) is 25.6 Å². The first-order chi connectivity index (χ1) is 13.7. The van der Waals surface area contributed by atoms with Gasteiger partial charge < -0.3 is 14.8 Å². The lowest BCUT2D eigenvalue weighted by Crippen LogP contribution is -2.38. The maximum Gasteiger partial charge on any atom is 0.307 e. The van der Waals surface area contributed by atoms with Gasteiger partial charge in [0, 0.05) is 17.8 Å². The standard InChI is InChI=1S/C20H30BCl2N2O4/c1-15-5-6-18(25(9-7-22)28-10-8-23)12-16(15)11-17(24-21-14-26)13-19(27)29-20(2,3)4/h5-6,12,14,17,24H,7-11,13H2,1-4H3/t17-/m1/s1. The molecule has 0 aromatic heterocycles. The van der Waals surface area contributed by atoms with Crippen LogP contribution in [0.3, 0.4) is 0 Å². The first-order valence-electron chi connectivity index (χ1n) is 9.57. The zero-order chi connectivity index (χ0) is 21.9. The van der Waals surface area contributed by atoms with Gasteiger partial charge in [0.25, 0.3) is 7.41 Å². The lowest BCUT2D eigenvalue weighted by Gasteiger charge is -2.25. The van der Waals surface area contributed by atoms with E-state index in [0.717, 1.165) is 16.8 Å². The summed E-state index contributed by atoms with van der Waals surface area (Å²) in [5.41, 5.74) is 2.39. The monoisotopic (exact) mass is 443 g/mol. The van der Waals surface area contributed by atoms with E-state index in [4.69, 9.17) is 32.8 Å². The highest BCUT2D eigenvalue weighted by atomic mass is 35.5. The van der Waals surface area contributed by atoms with Gasteiger partial charge in [-0.15, -0.1) is 23.2 Å². The van der Waals surface area contributed by atoms with E-state index in [9.17, 15) is 9.59 Å². The first-order valence-corrected chi connectivity index (χ1v) is 10.6. The summed E-state index contributed by atoms with van der Waals surface area (Å²) in [6, 6.07) is 5.66. The maximum atomic E-state index is 12.3. The average molecular weight is 444 g/mol. The topological polar surface area (TPSA) is 67.9 Å². The molecule has 1 atom stereocenters. The number of ether oxygens (including phenoxy) is 1. The molecule has 6 nitrogen and oxygen atoms in total. The summed E-state index contributed by atoms with van der Waals surface area (Å²) < 4.78 is 5.42. The number of carbonyl (C=O) groups excluding carboxylic acids is 2. The molecule has 9 heteroatoms. The number of alkyl halides is 2. The van der Waals surface area contributed by atoms with E-state index < -0.39 is 5.60 Å². The minimum absolute atomic E-state index is 0.138. The molecule has 1 rings (SSSR count). The maximum absolute atomic E-state index is 12.3. The number of benzene rings is 1. The Balaban J connectivity index is 2.98. The smallest absolute Gasteiger partial charge is 0.307 e. The van der Waals surface area contributed by atoms with E-state index >= 15 is 0 Å². The van der Waals surface area contributed by atoms with Gasteiger partial charge in [-0.3, -0.25) is 14.7 Å². The Labute approximate surface area is 184 Å². The molecule has 0 unspecified atom stereocenters. The molecule has 0 fully saturated rings. The van der Waals surface area contributed by atoms with Gasteiger partial charge in [-0.2, -0.15) is 0 Å². The van der Waals surface area contributed by atoms with Crippen LogP contribution in [0.4, 0.5) is 5.69 Å². The number of nitrogens with zero attached hydrogens (tertiary/aromatic N) is 1. The minimum Gasteiger partial charge on any atom is -0.460 e. The minimum atomic E-state index is -0.562. The Morgan fingerprint density at radius 1 is 1.31 bits per heavy atom. The van der Waals surface area contributed by atoms with Gasteiger partial charge in [-0.05, 0) is 57.4 Å². The lowest BCUT2D eigenvalue weighted by molar-refractivity contribution is -0.155. The number of anilines is 1. The molecular weight excluding hydrogens is 414 g/mol. The molecule has 1 aromatic rings. The fourth-order valence-corrected chi connectivity index (χ4v) is 2.96. The molecule has 0 saturated carbocycles. The van der Waals surface area contributed by atoms with Crippen LogP contribution < -0.4 is 10.3 Å². The largest absolute Gasteiger partial charge is 0.460 e. The summed E-state index contributed by atoms with van der Waals surface area (Å²) in [6.45, 7) is 8.36. The number of aryl methyl sites for hydroxylation is 1. The zero-order valence-corrected chi connectivity index (χ0v) is 19.1. The van der Waals surface area contributed by atoms with Gasteiger partial charge in [0.1, 0.15) is 5.60 Å². The van der Waals surface area contributed by atoms with Gasteiger partial charge in [0.15, 0.2) is 0 Å². The van der Waals surface area contributed by atoms with Crippen LogP contribution in [0.1, 0.15) is 38.3 Å². The van der Waals surface area contributed by atoms with Crippen molar-refractivity contribution in [2.75, 3.05) is 30.0 Å². The summed E-state index contributed by atoms with van der Waals surface area (Å²) in [5, 5.41) is 4.71. The predicted octanol–water partition coefficient (Wildman–Crippen LogP) is 3.25. The van der Waals surface area contributed by atoms with Crippen LogP contribution in [-0.4, -0.2) is 56.1 Å². The van der Waals surface area contributed by atoms with Gasteiger partial charge in [0.05, 0.1) is 31.4 Å². The van der Waals surface area contributed by atoms with Crippen molar-refractivity contribution < 1.29 is 19.2 Å². The number of hydroxylamine groups is 1. The summed E-state index contributed by atoms with van der Waals surface area (Å²) in [4.78, 5) is 28.7. The molecule has 0 amide bonds. The highest BCUT2D eigenvalue weighted by Gasteiger charge is 2.21. The van der Waals surface area contributed by atoms with Crippen molar-refractivity contribution in [3.8, 4) is 0 Å². The molecule has 0 saturated heterocycles. The highest BCUT2D eigenvalue weighted by molar-refractivity contribution is 6.64. The molecule has 0 spiro atoms. The summed E-state index contributed by atoms with van der Waals surface area (Å²) in [6.07, 6.45) is 1.33. The Morgan fingerprint density at radius 2 is 2.03 bits per heavy atom. The average Bonchev–Trinajstić information content (AvgIpc) is 2.63. The molecule has 29 heavy (non-hydrogen) atoms. The van der Waals surface area contributed by atoms with Crippen LogP contribution in [0, 0.1) is 6.92 Å². The molecule has 0 heterocycles.